The first-order chi connectivity index (χ1) is 16.9. The molecule has 5 rings (SSSR count). The number of anilines is 1. The molecule has 5 aromatic rings. The number of carbonyl (C=O) groups is 1. The number of aryl methyl sites for hydroxylation is 1. The predicted octanol–water partition coefficient (Wildman–Crippen LogP) is 3.12. The predicted molar refractivity (Wildman–Crippen MR) is 129 cm³/mol. The number of hydrogen-bond acceptors (Lipinski definition) is 6. The Kier molecular flexibility index (Phi) is 5.43. The number of carbonyl (C=O) groups excluding carboxylic acids is 1. The fourth-order valence-electron chi connectivity index (χ4n) is 3.80. The van der Waals surface area contributed by atoms with Gasteiger partial charge in [0.1, 0.15) is 11.8 Å². The van der Waals surface area contributed by atoms with Gasteiger partial charge < -0.3 is 14.7 Å². The summed E-state index contributed by atoms with van der Waals surface area (Å²) < 4.78 is 30.2. The van der Waals surface area contributed by atoms with Crippen molar-refractivity contribution < 1.29 is 13.2 Å². The van der Waals surface area contributed by atoms with Gasteiger partial charge in [-0.3, -0.25) is 9.52 Å². The third kappa shape index (κ3) is 4.18. The SMILES string of the molecule is Cc1ccc(NS(=O)(=O)c2ccc(CNC(=O)c3cn4ccnc4cn3)cc2)c2[nH]cc(C#N)c12. The highest BCUT2D eigenvalue weighted by Gasteiger charge is 2.18. The van der Waals surface area contributed by atoms with Gasteiger partial charge in [0.05, 0.1) is 27.9 Å². The van der Waals surface area contributed by atoms with E-state index in [9.17, 15) is 18.5 Å². The summed E-state index contributed by atoms with van der Waals surface area (Å²) in [6.07, 6.45) is 8.00. The first-order valence-corrected chi connectivity index (χ1v) is 12.0. The van der Waals surface area contributed by atoms with Crippen LogP contribution in [0.3, 0.4) is 0 Å². The molecule has 3 aromatic heterocycles. The molecule has 0 spiro atoms. The number of rotatable bonds is 6. The van der Waals surface area contributed by atoms with E-state index in [0.29, 0.717) is 27.8 Å². The van der Waals surface area contributed by atoms with E-state index in [1.54, 1.807) is 53.5 Å². The molecule has 3 N–H and O–H groups in total. The van der Waals surface area contributed by atoms with E-state index in [4.69, 9.17) is 0 Å². The summed E-state index contributed by atoms with van der Waals surface area (Å²) in [5, 5.41) is 12.8. The second-order valence-corrected chi connectivity index (χ2v) is 9.57. The van der Waals surface area contributed by atoms with Crippen LogP contribution in [0, 0.1) is 18.3 Å². The first-order valence-electron chi connectivity index (χ1n) is 10.6. The van der Waals surface area contributed by atoms with E-state index in [0.717, 1.165) is 11.1 Å². The van der Waals surface area contributed by atoms with Crippen molar-refractivity contribution >= 4 is 38.2 Å². The van der Waals surface area contributed by atoms with Gasteiger partial charge in [-0.1, -0.05) is 18.2 Å². The maximum absolute atomic E-state index is 13.0. The van der Waals surface area contributed by atoms with Crippen molar-refractivity contribution in [2.45, 2.75) is 18.4 Å². The molecule has 2 aromatic carbocycles. The number of aromatic nitrogens is 4. The molecule has 0 aliphatic heterocycles. The molecular formula is C24H19N7O3S. The smallest absolute Gasteiger partial charge is 0.271 e. The molecule has 3 heterocycles. The van der Waals surface area contributed by atoms with E-state index < -0.39 is 10.0 Å². The van der Waals surface area contributed by atoms with Crippen LogP contribution >= 0.6 is 0 Å². The van der Waals surface area contributed by atoms with Crippen LogP contribution in [0.4, 0.5) is 5.69 Å². The molecule has 0 radical (unpaired) electrons. The fraction of sp³-hybridized carbons (Fsp3) is 0.0833. The number of nitrogens with one attached hydrogen (secondary N) is 3. The molecule has 0 unspecified atom stereocenters. The maximum Gasteiger partial charge on any atom is 0.271 e. The van der Waals surface area contributed by atoms with Crippen LogP contribution < -0.4 is 10.0 Å². The van der Waals surface area contributed by atoms with Crippen molar-refractivity contribution in [2.24, 2.45) is 0 Å². The summed E-state index contributed by atoms with van der Waals surface area (Å²) in [6.45, 7) is 2.06. The lowest BCUT2D eigenvalue weighted by Gasteiger charge is -2.11. The monoisotopic (exact) mass is 485 g/mol. The zero-order valence-electron chi connectivity index (χ0n) is 18.5. The Morgan fingerprint density at radius 3 is 2.74 bits per heavy atom. The van der Waals surface area contributed by atoms with Gasteiger partial charge in [-0.2, -0.15) is 5.26 Å². The third-order valence-electron chi connectivity index (χ3n) is 5.61. The molecule has 0 saturated heterocycles. The van der Waals surface area contributed by atoms with Gasteiger partial charge in [-0.25, -0.2) is 18.4 Å². The summed E-state index contributed by atoms with van der Waals surface area (Å²) >= 11 is 0. The van der Waals surface area contributed by atoms with Crippen LogP contribution in [-0.2, 0) is 16.6 Å². The first kappa shape index (κ1) is 22.1. The van der Waals surface area contributed by atoms with E-state index in [1.165, 1.54) is 18.3 Å². The van der Waals surface area contributed by atoms with Crippen molar-refractivity contribution in [2.75, 3.05) is 4.72 Å². The molecule has 0 fully saturated rings. The summed E-state index contributed by atoms with van der Waals surface area (Å²) in [6, 6.07) is 11.7. The Morgan fingerprint density at radius 1 is 1.17 bits per heavy atom. The van der Waals surface area contributed by atoms with Crippen molar-refractivity contribution in [3.8, 4) is 6.07 Å². The Labute approximate surface area is 200 Å². The zero-order valence-corrected chi connectivity index (χ0v) is 19.3. The van der Waals surface area contributed by atoms with Crippen LogP contribution in [0.25, 0.3) is 16.6 Å². The quantitative estimate of drug-likeness (QED) is 0.337. The topological polar surface area (TPSA) is 145 Å². The molecule has 0 aliphatic rings. The molecule has 10 nitrogen and oxygen atoms in total. The number of nitriles is 1. The average Bonchev–Trinajstić information content (AvgIpc) is 3.51. The summed E-state index contributed by atoms with van der Waals surface area (Å²) in [7, 11) is -3.88. The molecule has 1 amide bonds. The van der Waals surface area contributed by atoms with Crippen LogP contribution in [0.2, 0.25) is 0 Å². The lowest BCUT2D eigenvalue weighted by molar-refractivity contribution is 0.0945. The number of amides is 1. The number of aromatic amines is 1. The number of sulfonamides is 1. The van der Waals surface area contributed by atoms with E-state index >= 15 is 0 Å². The average molecular weight is 486 g/mol. The van der Waals surface area contributed by atoms with Gasteiger partial charge in [-0.15, -0.1) is 0 Å². The molecule has 0 saturated carbocycles. The number of imidazole rings is 1. The van der Waals surface area contributed by atoms with Crippen molar-refractivity contribution in [1.29, 1.82) is 5.26 Å². The number of hydrogen-bond donors (Lipinski definition) is 3. The summed E-state index contributed by atoms with van der Waals surface area (Å²) in [5.74, 6) is -0.356. The Hall–Kier alpha value is -4.69. The van der Waals surface area contributed by atoms with E-state index in [1.807, 2.05) is 6.92 Å². The second-order valence-electron chi connectivity index (χ2n) is 7.89. The molecule has 0 aliphatic carbocycles. The minimum absolute atomic E-state index is 0.0700. The van der Waals surface area contributed by atoms with Crippen LogP contribution in [0.5, 0.6) is 0 Å². The summed E-state index contributed by atoms with van der Waals surface area (Å²) in [4.78, 5) is 23.7. The largest absolute Gasteiger partial charge is 0.358 e. The van der Waals surface area contributed by atoms with Gasteiger partial charge in [0, 0.05) is 36.7 Å². The van der Waals surface area contributed by atoms with E-state index in [2.05, 4.69) is 31.1 Å². The van der Waals surface area contributed by atoms with Crippen molar-refractivity contribution in [3.63, 3.8) is 0 Å². The zero-order chi connectivity index (χ0) is 24.6. The number of fused-ring (bicyclic) bond motifs is 2. The van der Waals surface area contributed by atoms with Crippen LogP contribution in [-0.4, -0.2) is 33.7 Å². The molecule has 174 valence electrons. The second kappa shape index (κ2) is 8.58. The third-order valence-corrected chi connectivity index (χ3v) is 6.99. The molecule has 0 bridgehead atoms. The minimum Gasteiger partial charge on any atom is -0.358 e. The Bertz CT molecular complexity index is 1730. The highest BCUT2D eigenvalue weighted by Crippen LogP contribution is 2.30. The highest BCUT2D eigenvalue weighted by atomic mass is 32.2. The number of nitrogens with zero attached hydrogens (tertiary/aromatic N) is 4. The molecule has 11 heteroatoms. The van der Waals surface area contributed by atoms with Gasteiger partial charge in [-0.05, 0) is 36.2 Å². The highest BCUT2D eigenvalue weighted by molar-refractivity contribution is 7.92. The Morgan fingerprint density at radius 2 is 1.97 bits per heavy atom. The lowest BCUT2D eigenvalue weighted by Crippen LogP contribution is -2.24. The van der Waals surface area contributed by atoms with Gasteiger partial charge in [0.15, 0.2) is 5.65 Å². The molecule has 0 atom stereocenters. The lowest BCUT2D eigenvalue weighted by atomic mass is 10.1. The van der Waals surface area contributed by atoms with Crippen molar-refractivity contribution in [3.05, 3.63) is 89.8 Å². The standard InChI is InChI=1S/C24H19N7O3S/c1-15-2-7-19(23-22(15)17(10-25)12-28-23)30-35(33,34)18-5-3-16(4-6-18)11-29-24(32)20-14-31-9-8-26-21(31)13-27-20/h2-9,12-14,28,30H,11H2,1H3,(H,29,32). The maximum atomic E-state index is 13.0. The Balaban J connectivity index is 1.29. The minimum atomic E-state index is -3.88. The van der Waals surface area contributed by atoms with Crippen LogP contribution in [0.1, 0.15) is 27.2 Å². The van der Waals surface area contributed by atoms with Crippen molar-refractivity contribution in [1.82, 2.24) is 24.7 Å². The van der Waals surface area contributed by atoms with Gasteiger partial charge >= 0.3 is 0 Å². The number of H-pyrrole nitrogens is 1. The fourth-order valence-corrected chi connectivity index (χ4v) is 4.87. The van der Waals surface area contributed by atoms with E-state index in [-0.39, 0.29) is 23.0 Å². The normalized spacial score (nSPS) is 11.4. The van der Waals surface area contributed by atoms with Gasteiger partial charge in [0.2, 0.25) is 0 Å². The number of benzene rings is 2. The molecular weight excluding hydrogens is 466 g/mol. The van der Waals surface area contributed by atoms with Crippen LogP contribution in [0.15, 0.2) is 72.3 Å². The van der Waals surface area contributed by atoms with Gasteiger partial charge in [0.25, 0.3) is 15.9 Å². The molecule has 35 heavy (non-hydrogen) atoms. The summed E-state index contributed by atoms with van der Waals surface area (Å²) in [5.41, 5.74) is 3.82.